The van der Waals surface area contributed by atoms with Crippen molar-refractivity contribution in [3.8, 4) is 5.75 Å². The average molecular weight is 297 g/mol. The van der Waals surface area contributed by atoms with E-state index >= 15 is 0 Å². The van der Waals surface area contributed by atoms with Gasteiger partial charge in [0.2, 0.25) is 0 Å². The van der Waals surface area contributed by atoms with E-state index in [0.717, 1.165) is 42.0 Å². The Morgan fingerprint density at radius 3 is 2.95 bits per heavy atom. The zero-order valence-corrected chi connectivity index (χ0v) is 12.8. The predicted octanol–water partition coefficient (Wildman–Crippen LogP) is 3.87. The van der Waals surface area contributed by atoms with E-state index in [2.05, 4.69) is 6.92 Å². The van der Waals surface area contributed by atoms with Crippen LogP contribution in [0.25, 0.3) is 0 Å². The van der Waals surface area contributed by atoms with Crippen molar-refractivity contribution in [2.45, 2.75) is 32.6 Å². The number of esters is 1. The molecule has 2 unspecified atom stereocenters. The molecule has 0 aliphatic heterocycles. The van der Waals surface area contributed by atoms with Crippen LogP contribution in [0.2, 0.25) is 5.02 Å². The Labute approximate surface area is 125 Å². The summed E-state index contributed by atoms with van der Waals surface area (Å²) in [6.45, 7) is 2.80. The third kappa shape index (κ3) is 3.89. The Morgan fingerprint density at radius 2 is 2.25 bits per heavy atom. The fraction of sp³-hybridized carbons (Fsp3) is 0.562. The maximum absolute atomic E-state index is 11.4. The number of benzene rings is 1. The van der Waals surface area contributed by atoms with Gasteiger partial charge in [-0.05, 0) is 55.4 Å². The number of methoxy groups -OCH3 is 1. The summed E-state index contributed by atoms with van der Waals surface area (Å²) in [6, 6.07) is 5.74. The molecular formula is C16H21ClO3. The van der Waals surface area contributed by atoms with Gasteiger partial charge in [0.25, 0.3) is 0 Å². The summed E-state index contributed by atoms with van der Waals surface area (Å²) in [5, 5.41) is 0.726. The molecule has 1 aromatic rings. The van der Waals surface area contributed by atoms with Crippen LogP contribution < -0.4 is 4.74 Å². The van der Waals surface area contributed by atoms with Gasteiger partial charge >= 0.3 is 5.97 Å². The highest BCUT2D eigenvalue weighted by Crippen LogP contribution is 2.43. The van der Waals surface area contributed by atoms with Gasteiger partial charge in [0.15, 0.2) is 0 Å². The van der Waals surface area contributed by atoms with E-state index < -0.39 is 0 Å². The zero-order valence-electron chi connectivity index (χ0n) is 12.0. The van der Waals surface area contributed by atoms with Crippen molar-refractivity contribution in [1.82, 2.24) is 0 Å². The quantitative estimate of drug-likeness (QED) is 0.717. The van der Waals surface area contributed by atoms with Crippen molar-refractivity contribution in [1.29, 1.82) is 0 Å². The van der Waals surface area contributed by atoms with Gasteiger partial charge in [0, 0.05) is 5.02 Å². The zero-order chi connectivity index (χ0) is 14.5. The largest absolute Gasteiger partial charge is 0.493 e. The van der Waals surface area contributed by atoms with Crippen LogP contribution in [-0.2, 0) is 16.0 Å². The molecule has 1 aliphatic rings. The van der Waals surface area contributed by atoms with Crippen LogP contribution >= 0.6 is 11.6 Å². The molecule has 0 saturated heterocycles. The number of hydrogen-bond acceptors (Lipinski definition) is 3. The Balaban J connectivity index is 1.92. The summed E-state index contributed by atoms with van der Waals surface area (Å²) < 4.78 is 10.5. The lowest BCUT2D eigenvalue weighted by atomic mass is 10.1. The van der Waals surface area contributed by atoms with E-state index in [9.17, 15) is 4.79 Å². The van der Waals surface area contributed by atoms with E-state index in [1.165, 1.54) is 7.11 Å². The maximum atomic E-state index is 11.4. The van der Waals surface area contributed by atoms with Crippen LogP contribution in [0.1, 0.15) is 31.7 Å². The molecule has 0 radical (unpaired) electrons. The molecule has 1 saturated carbocycles. The van der Waals surface area contributed by atoms with Crippen molar-refractivity contribution in [2.75, 3.05) is 13.7 Å². The minimum atomic E-state index is -0.0800. The van der Waals surface area contributed by atoms with Gasteiger partial charge in [-0.1, -0.05) is 18.5 Å². The SMILES string of the molecule is CCCOc1ccc(Cl)cc1CCC1CC1C(=O)OC. The minimum Gasteiger partial charge on any atom is -0.493 e. The van der Waals surface area contributed by atoms with E-state index in [4.69, 9.17) is 21.1 Å². The first-order valence-electron chi connectivity index (χ1n) is 7.14. The lowest BCUT2D eigenvalue weighted by molar-refractivity contribution is -0.142. The van der Waals surface area contributed by atoms with Gasteiger partial charge in [-0.2, -0.15) is 0 Å². The van der Waals surface area contributed by atoms with E-state index in [0.29, 0.717) is 12.5 Å². The first-order chi connectivity index (χ1) is 9.65. The molecule has 2 rings (SSSR count). The second-order valence-electron chi connectivity index (χ2n) is 5.26. The summed E-state index contributed by atoms with van der Waals surface area (Å²) in [6.07, 6.45) is 3.79. The van der Waals surface area contributed by atoms with Crippen LogP contribution in [-0.4, -0.2) is 19.7 Å². The third-order valence-electron chi connectivity index (χ3n) is 3.70. The van der Waals surface area contributed by atoms with Crippen LogP contribution in [0.4, 0.5) is 0 Å². The van der Waals surface area contributed by atoms with Crippen LogP contribution in [0, 0.1) is 11.8 Å². The van der Waals surface area contributed by atoms with Crippen LogP contribution in [0.5, 0.6) is 5.75 Å². The number of carbonyl (C=O) groups is 1. The molecular weight excluding hydrogens is 276 g/mol. The lowest BCUT2D eigenvalue weighted by Gasteiger charge is -2.11. The van der Waals surface area contributed by atoms with Crippen LogP contribution in [0.3, 0.4) is 0 Å². The van der Waals surface area contributed by atoms with Gasteiger partial charge in [-0.25, -0.2) is 0 Å². The first kappa shape index (κ1) is 15.2. The molecule has 3 nitrogen and oxygen atoms in total. The molecule has 0 spiro atoms. The molecule has 0 N–H and O–H groups in total. The van der Waals surface area contributed by atoms with Crippen molar-refractivity contribution in [2.24, 2.45) is 11.8 Å². The number of carbonyl (C=O) groups excluding carboxylic acids is 1. The highest BCUT2D eigenvalue weighted by molar-refractivity contribution is 6.30. The lowest BCUT2D eigenvalue weighted by Crippen LogP contribution is -2.05. The van der Waals surface area contributed by atoms with Crippen LogP contribution in [0.15, 0.2) is 18.2 Å². The molecule has 20 heavy (non-hydrogen) atoms. The van der Waals surface area contributed by atoms with E-state index in [1.807, 2.05) is 18.2 Å². The number of rotatable bonds is 7. The van der Waals surface area contributed by atoms with E-state index in [-0.39, 0.29) is 11.9 Å². The molecule has 1 aromatic carbocycles. The fourth-order valence-corrected chi connectivity index (χ4v) is 2.64. The molecule has 0 bridgehead atoms. The maximum Gasteiger partial charge on any atom is 0.308 e. The second kappa shape index (κ2) is 6.98. The first-order valence-corrected chi connectivity index (χ1v) is 7.52. The number of hydrogen-bond donors (Lipinski definition) is 0. The molecule has 0 amide bonds. The monoisotopic (exact) mass is 296 g/mol. The second-order valence-corrected chi connectivity index (χ2v) is 5.70. The summed E-state index contributed by atoms with van der Waals surface area (Å²) >= 11 is 6.05. The van der Waals surface area contributed by atoms with Crippen molar-refractivity contribution < 1.29 is 14.3 Å². The molecule has 0 aromatic heterocycles. The topological polar surface area (TPSA) is 35.5 Å². The summed E-state index contributed by atoms with van der Waals surface area (Å²) in [5.74, 6) is 1.37. The van der Waals surface area contributed by atoms with Gasteiger partial charge in [-0.15, -0.1) is 0 Å². The Hall–Kier alpha value is -1.22. The van der Waals surface area contributed by atoms with Gasteiger partial charge in [0.05, 0.1) is 19.6 Å². The molecule has 0 heterocycles. The molecule has 1 fully saturated rings. The molecule has 1 aliphatic carbocycles. The van der Waals surface area contributed by atoms with Crippen molar-refractivity contribution in [3.63, 3.8) is 0 Å². The number of ether oxygens (including phenoxy) is 2. The summed E-state index contributed by atoms with van der Waals surface area (Å²) in [5.41, 5.74) is 1.13. The standard InChI is InChI=1S/C16H21ClO3/c1-3-8-20-15-7-6-13(17)9-12(15)5-4-11-10-14(11)16(18)19-2/h6-7,9,11,14H,3-5,8,10H2,1-2H3. The minimum absolute atomic E-state index is 0.0800. The number of halogens is 1. The summed E-state index contributed by atoms with van der Waals surface area (Å²) in [7, 11) is 1.45. The highest BCUT2D eigenvalue weighted by atomic mass is 35.5. The van der Waals surface area contributed by atoms with Gasteiger partial charge in [0.1, 0.15) is 5.75 Å². The van der Waals surface area contributed by atoms with Crippen molar-refractivity contribution in [3.05, 3.63) is 28.8 Å². The van der Waals surface area contributed by atoms with Crippen molar-refractivity contribution >= 4 is 17.6 Å². The van der Waals surface area contributed by atoms with E-state index in [1.54, 1.807) is 0 Å². The number of aryl methyl sites for hydroxylation is 1. The van der Waals surface area contributed by atoms with Gasteiger partial charge in [-0.3, -0.25) is 4.79 Å². The van der Waals surface area contributed by atoms with Gasteiger partial charge < -0.3 is 9.47 Å². The average Bonchev–Trinajstić information content (AvgIpc) is 3.23. The molecule has 4 heteroatoms. The normalized spacial score (nSPS) is 20.6. The summed E-state index contributed by atoms with van der Waals surface area (Å²) in [4.78, 5) is 11.4. The fourth-order valence-electron chi connectivity index (χ4n) is 2.44. The smallest absolute Gasteiger partial charge is 0.308 e. The Morgan fingerprint density at radius 1 is 1.45 bits per heavy atom. The third-order valence-corrected chi connectivity index (χ3v) is 3.93. The molecule has 110 valence electrons. The Bertz CT molecular complexity index is 473. The highest BCUT2D eigenvalue weighted by Gasteiger charge is 2.43. The predicted molar refractivity (Wildman–Crippen MR) is 79.2 cm³/mol. The Kier molecular flexibility index (Phi) is 5.30. The molecule has 2 atom stereocenters.